The van der Waals surface area contributed by atoms with Crippen LogP contribution in [-0.4, -0.2) is 28.6 Å². The number of nitrogens with one attached hydrogen (secondary N) is 2. The summed E-state index contributed by atoms with van der Waals surface area (Å²) in [6, 6.07) is 20.6. The molecule has 2 amide bonds. The average Bonchev–Trinajstić information content (AvgIpc) is 2.74. The minimum atomic E-state index is -1.16. The Hall–Kier alpha value is -3.58. The van der Waals surface area contributed by atoms with Gasteiger partial charge in [0, 0.05) is 16.3 Å². The van der Waals surface area contributed by atoms with Crippen LogP contribution in [0.3, 0.4) is 0 Å². The predicted molar refractivity (Wildman–Crippen MR) is 118 cm³/mol. The third-order valence-corrected chi connectivity index (χ3v) is 5.19. The lowest BCUT2D eigenvalue weighted by Crippen LogP contribution is -2.16. The lowest BCUT2D eigenvalue weighted by Gasteiger charge is -2.09. The molecule has 0 aromatic heterocycles. The van der Waals surface area contributed by atoms with Crippen molar-refractivity contribution in [2.75, 3.05) is 16.4 Å². The van der Waals surface area contributed by atoms with Crippen molar-refractivity contribution >= 4 is 40.9 Å². The number of benzene rings is 3. The molecule has 0 spiro atoms. The molecule has 3 rings (SSSR count). The van der Waals surface area contributed by atoms with Crippen molar-refractivity contribution in [3.63, 3.8) is 0 Å². The summed E-state index contributed by atoms with van der Waals surface area (Å²) in [5.41, 5.74) is 2.40. The molecular weight excluding hydrogens is 400 g/mol. The van der Waals surface area contributed by atoms with Crippen LogP contribution in [0, 0.1) is 6.92 Å². The summed E-state index contributed by atoms with van der Waals surface area (Å²) in [6.45, 7) is 1.98. The van der Waals surface area contributed by atoms with Gasteiger partial charge in [-0.15, -0.1) is 11.8 Å². The number of carboxylic acid groups (broad SMARTS) is 1. The maximum Gasteiger partial charge on any atom is 0.336 e. The van der Waals surface area contributed by atoms with E-state index in [2.05, 4.69) is 10.6 Å². The van der Waals surface area contributed by atoms with Crippen LogP contribution < -0.4 is 10.6 Å². The minimum absolute atomic E-state index is 0.0618. The Labute approximate surface area is 178 Å². The van der Waals surface area contributed by atoms with E-state index < -0.39 is 11.9 Å². The van der Waals surface area contributed by atoms with Gasteiger partial charge in [-0.05, 0) is 49.4 Å². The van der Waals surface area contributed by atoms with E-state index in [1.54, 1.807) is 30.3 Å². The highest BCUT2D eigenvalue weighted by atomic mass is 32.2. The van der Waals surface area contributed by atoms with Crippen molar-refractivity contribution in [3.8, 4) is 0 Å². The van der Waals surface area contributed by atoms with Crippen LogP contribution in [0.25, 0.3) is 0 Å². The number of aromatic carboxylic acids is 1. The number of carbonyl (C=O) groups is 3. The fraction of sp³-hybridized carbons (Fsp3) is 0.0870. The summed E-state index contributed by atoms with van der Waals surface area (Å²) >= 11 is 1.34. The first-order valence-corrected chi connectivity index (χ1v) is 10.1. The van der Waals surface area contributed by atoms with Gasteiger partial charge in [0.2, 0.25) is 5.91 Å². The molecule has 0 saturated heterocycles. The van der Waals surface area contributed by atoms with E-state index in [0.29, 0.717) is 5.69 Å². The first kappa shape index (κ1) is 21.1. The molecule has 30 heavy (non-hydrogen) atoms. The Morgan fingerprint density at radius 1 is 0.833 bits per heavy atom. The Balaban J connectivity index is 1.61. The number of rotatable bonds is 7. The summed E-state index contributed by atoms with van der Waals surface area (Å²) in [5.74, 6) is -1.58. The van der Waals surface area contributed by atoms with Crippen LogP contribution in [0.15, 0.2) is 77.7 Å². The van der Waals surface area contributed by atoms with Crippen LogP contribution >= 0.6 is 11.8 Å². The fourth-order valence-electron chi connectivity index (χ4n) is 2.71. The highest BCUT2D eigenvalue weighted by Gasteiger charge is 2.16. The summed E-state index contributed by atoms with van der Waals surface area (Å²) in [4.78, 5) is 36.8. The van der Waals surface area contributed by atoms with Crippen molar-refractivity contribution in [2.24, 2.45) is 0 Å². The molecule has 0 aliphatic heterocycles. The molecule has 0 fully saturated rings. The van der Waals surface area contributed by atoms with Crippen LogP contribution in [0.2, 0.25) is 0 Å². The van der Waals surface area contributed by atoms with E-state index in [1.807, 2.05) is 37.3 Å². The number of amides is 2. The number of hydrogen-bond acceptors (Lipinski definition) is 4. The first-order valence-electron chi connectivity index (χ1n) is 9.15. The van der Waals surface area contributed by atoms with Gasteiger partial charge in [-0.1, -0.05) is 35.9 Å². The molecule has 3 aromatic rings. The van der Waals surface area contributed by atoms with E-state index in [4.69, 9.17) is 0 Å². The highest BCUT2D eigenvalue weighted by molar-refractivity contribution is 8.00. The molecule has 152 valence electrons. The number of aryl methyl sites for hydroxylation is 1. The molecule has 0 radical (unpaired) electrons. The monoisotopic (exact) mass is 420 g/mol. The molecule has 0 unspecified atom stereocenters. The number of hydrogen-bond donors (Lipinski definition) is 3. The molecule has 3 N–H and O–H groups in total. The number of carbonyl (C=O) groups excluding carboxylic acids is 2. The maximum absolute atomic E-state index is 12.5. The first-order chi connectivity index (χ1) is 14.4. The Bertz CT molecular complexity index is 1080. The maximum atomic E-state index is 12.5. The predicted octanol–water partition coefficient (Wildman–Crippen LogP) is 4.68. The van der Waals surface area contributed by atoms with Crippen molar-refractivity contribution in [1.29, 1.82) is 0 Å². The zero-order valence-corrected chi connectivity index (χ0v) is 17.0. The van der Waals surface area contributed by atoms with E-state index >= 15 is 0 Å². The minimum Gasteiger partial charge on any atom is -0.478 e. The molecule has 0 aliphatic rings. The standard InChI is InChI=1S/C23H20N2O4S/c1-15-9-11-16(12-10-15)24-21(26)14-30-18-6-4-5-17(13-18)25-22(27)19-7-2-3-8-20(19)23(28)29/h2-13H,14H2,1H3,(H,24,26)(H,25,27)(H,28,29). The van der Waals surface area contributed by atoms with Gasteiger partial charge >= 0.3 is 5.97 Å². The van der Waals surface area contributed by atoms with E-state index in [9.17, 15) is 19.5 Å². The normalized spacial score (nSPS) is 10.3. The van der Waals surface area contributed by atoms with Crippen molar-refractivity contribution < 1.29 is 19.5 Å². The van der Waals surface area contributed by atoms with E-state index in [-0.39, 0.29) is 22.8 Å². The van der Waals surface area contributed by atoms with Gasteiger partial charge in [0.25, 0.3) is 5.91 Å². The van der Waals surface area contributed by atoms with Crippen LogP contribution in [0.5, 0.6) is 0 Å². The second-order valence-electron chi connectivity index (χ2n) is 6.54. The zero-order valence-electron chi connectivity index (χ0n) is 16.2. The number of anilines is 2. The smallest absolute Gasteiger partial charge is 0.336 e. The van der Waals surface area contributed by atoms with Gasteiger partial charge < -0.3 is 15.7 Å². The molecule has 0 bridgehead atoms. The molecule has 0 saturated carbocycles. The van der Waals surface area contributed by atoms with Gasteiger partial charge in [0.05, 0.1) is 16.9 Å². The van der Waals surface area contributed by atoms with Crippen molar-refractivity contribution in [3.05, 3.63) is 89.5 Å². The third kappa shape index (κ3) is 5.71. The van der Waals surface area contributed by atoms with Crippen molar-refractivity contribution in [2.45, 2.75) is 11.8 Å². The topological polar surface area (TPSA) is 95.5 Å². The molecular formula is C23H20N2O4S. The molecule has 0 atom stereocenters. The Morgan fingerprint density at radius 3 is 2.23 bits per heavy atom. The van der Waals surface area contributed by atoms with Crippen molar-refractivity contribution in [1.82, 2.24) is 0 Å². The second kappa shape index (κ2) is 9.76. The molecule has 6 nitrogen and oxygen atoms in total. The van der Waals surface area contributed by atoms with Gasteiger partial charge in [-0.25, -0.2) is 4.79 Å². The van der Waals surface area contributed by atoms with Crippen LogP contribution in [-0.2, 0) is 4.79 Å². The Kier molecular flexibility index (Phi) is 6.87. The third-order valence-electron chi connectivity index (χ3n) is 4.20. The summed E-state index contributed by atoms with van der Waals surface area (Å²) < 4.78 is 0. The number of carboxylic acids is 1. The van der Waals surface area contributed by atoms with Crippen LogP contribution in [0.4, 0.5) is 11.4 Å². The largest absolute Gasteiger partial charge is 0.478 e. The Morgan fingerprint density at radius 2 is 1.53 bits per heavy atom. The van der Waals surface area contributed by atoms with Gasteiger partial charge in [-0.2, -0.15) is 0 Å². The molecule has 7 heteroatoms. The van der Waals surface area contributed by atoms with Crippen LogP contribution in [0.1, 0.15) is 26.3 Å². The SMILES string of the molecule is Cc1ccc(NC(=O)CSc2cccc(NC(=O)c3ccccc3C(=O)O)c2)cc1. The van der Waals surface area contributed by atoms with Gasteiger partial charge in [-0.3, -0.25) is 9.59 Å². The summed E-state index contributed by atoms with van der Waals surface area (Å²) in [5, 5.41) is 14.8. The van der Waals surface area contributed by atoms with E-state index in [1.165, 1.54) is 23.9 Å². The van der Waals surface area contributed by atoms with E-state index in [0.717, 1.165) is 16.1 Å². The quantitative estimate of drug-likeness (QED) is 0.483. The average molecular weight is 420 g/mol. The zero-order chi connectivity index (χ0) is 21.5. The second-order valence-corrected chi connectivity index (χ2v) is 7.58. The fourth-order valence-corrected chi connectivity index (χ4v) is 3.47. The lowest BCUT2D eigenvalue weighted by atomic mass is 10.1. The lowest BCUT2D eigenvalue weighted by molar-refractivity contribution is -0.113. The molecule has 0 aliphatic carbocycles. The van der Waals surface area contributed by atoms with Gasteiger partial charge in [0.15, 0.2) is 0 Å². The summed E-state index contributed by atoms with van der Waals surface area (Å²) in [7, 11) is 0. The highest BCUT2D eigenvalue weighted by Crippen LogP contribution is 2.23. The number of thioether (sulfide) groups is 1. The molecule has 3 aromatic carbocycles. The van der Waals surface area contributed by atoms with Gasteiger partial charge in [0.1, 0.15) is 0 Å². The molecule has 0 heterocycles. The summed E-state index contributed by atoms with van der Waals surface area (Å²) in [6.07, 6.45) is 0.